The molecule has 0 spiro atoms. The summed E-state index contributed by atoms with van der Waals surface area (Å²) >= 11 is 0. The summed E-state index contributed by atoms with van der Waals surface area (Å²) in [6.07, 6.45) is 0.673. The number of hydrogen-bond acceptors (Lipinski definition) is 7. The minimum atomic E-state index is -1.15. The monoisotopic (exact) mass is 463 g/mol. The first-order chi connectivity index (χ1) is 16.2. The topological polar surface area (TPSA) is 80.8 Å². The van der Waals surface area contributed by atoms with E-state index < -0.39 is 18.0 Å². The summed E-state index contributed by atoms with van der Waals surface area (Å²) in [5.74, 6) is -1.50. The molecule has 1 N–H and O–H groups in total. The van der Waals surface area contributed by atoms with Crippen LogP contribution in [0.25, 0.3) is 16.6 Å². The maximum Gasteiger partial charge on any atom is 0.352 e. The number of carbonyl (C=O) groups excluding carboxylic acids is 2. The Morgan fingerprint density at radius 3 is 2.88 bits per heavy atom. The first-order valence-electron chi connectivity index (χ1n) is 11.3. The quantitative estimate of drug-likeness (QED) is 0.694. The molecule has 2 aromatic rings. The summed E-state index contributed by atoms with van der Waals surface area (Å²) in [5, 5.41) is 4.39. The summed E-state index contributed by atoms with van der Waals surface area (Å²) in [4.78, 5) is 30.9. The molecule has 0 amide bonds. The van der Waals surface area contributed by atoms with Crippen molar-refractivity contribution in [1.82, 2.24) is 15.2 Å². The second-order valence-electron chi connectivity index (χ2n) is 9.17. The molecule has 3 aliphatic heterocycles. The van der Waals surface area contributed by atoms with E-state index in [1.54, 1.807) is 6.92 Å². The molecule has 176 valence electrons. The lowest BCUT2D eigenvalue weighted by Gasteiger charge is -2.34. The zero-order chi connectivity index (χ0) is 24.3. The molecule has 0 saturated carbocycles. The van der Waals surface area contributed by atoms with Gasteiger partial charge in [0.1, 0.15) is 12.4 Å². The third-order valence-electron chi connectivity index (χ3n) is 6.48. The van der Waals surface area contributed by atoms with Gasteiger partial charge in [-0.15, -0.1) is 0 Å². The molecule has 34 heavy (non-hydrogen) atoms. The van der Waals surface area contributed by atoms with Crippen LogP contribution < -0.4 is 5.32 Å². The number of aryl methyl sites for hydroxylation is 1. The number of pyridine rings is 1. The van der Waals surface area contributed by atoms with E-state index in [1.807, 2.05) is 17.0 Å². The van der Waals surface area contributed by atoms with E-state index in [4.69, 9.17) is 14.5 Å². The average molecular weight is 464 g/mol. The number of benzene rings is 1. The van der Waals surface area contributed by atoms with Gasteiger partial charge in [0, 0.05) is 53.4 Å². The molecule has 4 heterocycles. The standard InChI is InChI=1S/C26H26FN3O4/c1-12(2)28-9-18-16-6-13(3)21(27)8-22(16)29-24-19(18)10-30-14(4)20-11-33-26(32)25(34-15(5)31)17(20)7-23(24)30/h6-8,12,25,28H,4,9-11H2,1-3,5H3. The number of cyclic esters (lactones) is 1. The fraction of sp³-hybridized carbons (Fsp3) is 0.346. The third kappa shape index (κ3) is 3.49. The fourth-order valence-electron chi connectivity index (χ4n) is 4.74. The molecule has 1 aromatic heterocycles. The van der Waals surface area contributed by atoms with Crippen molar-refractivity contribution in [3.05, 3.63) is 69.8 Å². The van der Waals surface area contributed by atoms with E-state index in [0.717, 1.165) is 27.8 Å². The van der Waals surface area contributed by atoms with Crippen LogP contribution in [0.3, 0.4) is 0 Å². The van der Waals surface area contributed by atoms with Crippen molar-refractivity contribution in [1.29, 1.82) is 0 Å². The highest BCUT2D eigenvalue weighted by Gasteiger charge is 2.42. The maximum absolute atomic E-state index is 14.5. The van der Waals surface area contributed by atoms with Crippen LogP contribution in [0.1, 0.15) is 43.2 Å². The van der Waals surface area contributed by atoms with E-state index in [-0.39, 0.29) is 18.5 Å². The van der Waals surface area contributed by atoms with Gasteiger partial charge in [-0.1, -0.05) is 20.4 Å². The van der Waals surface area contributed by atoms with Gasteiger partial charge >= 0.3 is 11.9 Å². The highest BCUT2D eigenvalue weighted by Crippen LogP contribution is 2.45. The van der Waals surface area contributed by atoms with Gasteiger partial charge in [0.05, 0.1) is 23.5 Å². The number of esters is 2. The molecule has 0 radical (unpaired) electrons. The van der Waals surface area contributed by atoms with Crippen molar-refractivity contribution in [2.75, 3.05) is 6.61 Å². The van der Waals surface area contributed by atoms with Crippen LogP contribution in [0.15, 0.2) is 41.6 Å². The Balaban J connectivity index is 1.70. The Morgan fingerprint density at radius 2 is 2.18 bits per heavy atom. The fourth-order valence-corrected chi connectivity index (χ4v) is 4.74. The van der Waals surface area contributed by atoms with Gasteiger partial charge in [-0.05, 0) is 30.2 Å². The van der Waals surface area contributed by atoms with Crippen LogP contribution in [0.2, 0.25) is 0 Å². The van der Waals surface area contributed by atoms with E-state index >= 15 is 0 Å². The van der Waals surface area contributed by atoms with Crippen LogP contribution in [0.5, 0.6) is 0 Å². The Kier molecular flexibility index (Phi) is 5.28. The van der Waals surface area contributed by atoms with Gasteiger partial charge in [-0.25, -0.2) is 14.2 Å². The number of rotatable bonds is 4. The number of fused-ring (bicyclic) bond motifs is 4. The summed E-state index contributed by atoms with van der Waals surface area (Å²) < 4.78 is 25.0. The van der Waals surface area contributed by atoms with Gasteiger partial charge in [0.2, 0.25) is 6.10 Å². The molecule has 7 nitrogen and oxygen atoms in total. The van der Waals surface area contributed by atoms with Gasteiger partial charge < -0.3 is 19.7 Å². The van der Waals surface area contributed by atoms with E-state index in [9.17, 15) is 14.0 Å². The zero-order valence-corrected chi connectivity index (χ0v) is 19.6. The van der Waals surface area contributed by atoms with Crippen LogP contribution in [-0.4, -0.2) is 40.6 Å². The van der Waals surface area contributed by atoms with Crippen LogP contribution >= 0.6 is 0 Å². The molecular weight excluding hydrogens is 437 g/mol. The van der Waals surface area contributed by atoms with Crippen molar-refractivity contribution >= 4 is 28.5 Å². The van der Waals surface area contributed by atoms with Crippen molar-refractivity contribution in [3.63, 3.8) is 0 Å². The molecule has 0 bridgehead atoms. The largest absolute Gasteiger partial charge is 0.458 e. The summed E-state index contributed by atoms with van der Waals surface area (Å²) in [5.41, 5.74) is 6.61. The van der Waals surface area contributed by atoms with Crippen molar-refractivity contribution in [2.24, 2.45) is 0 Å². The summed E-state index contributed by atoms with van der Waals surface area (Å²) in [7, 11) is 0. The van der Waals surface area contributed by atoms with Crippen LogP contribution in [0, 0.1) is 12.7 Å². The summed E-state index contributed by atoms with van der Waals surface area (Å²) in [6.45, 7) is 12.6. The third-order valence-corrected chi connectivity index (χ3v) is 6.48. The van der Waals surface area contributed by atoms with Crippen LogP contribution in [0.4, 0.5) is 4.39 Å². The van der Waals surface area contributed by atoms with Gasteiger partial charge in [-0.3, -0.25) is 4.79 Å². The number of nitrogens with one attached hydrogen (secondary N) is 1. The number of ether oxygens (including phenoxy) is 2. The minimum absolute atomic E-state index is 0.0585. The molecule has 0 fully saturated rings. The lowest BCUT2D eigenvalue weighted by atomic mass is 9.93. The predicted octanol–water partition coefficient (Wildman–Crippen LogP) is 3.65. The van der Waals surface area contributed by atoms with Crippen molar-refractivity contribution in [2.45, 2.75) is 52.9 Å². The van der Waals surface area contributed by atoms with Crippen LogP contribution in [-0.2, 0) is 32.2 Å². The van der Waals surface area contributed by atoms with E-state index in [0.29, 0.717) is 41.1 Å². The highest BCUT2D eigenvalue weighted by atomic mass is 19.1. The average Bonchev–Trinajstić information content (AvgIpc) is 3.13. The Bertz CT molecular complexity index is 1340. The number of halogens is 1. The molecule has 5 rings (SSSR count). The zero-order valence-electron chi connectivity index (χ0n) is 19.6. The van der Waals surface area contributed by atoms with E-state index in [1.165, 1.54) is 13.0 Å². The van der Waals surface area contributed by atoms with Gasteiger partial charge in [0.25, 0.3) is 0 Å². The lowest BCUT2D eigenvalue weighted by Crippen LogP contribution is -2.38. The normalized spacial score (nSPS) is 19.2. The molecular formula is C26H26FN3O4. The number of hydrogen-bond donors (Lipinski definition) is 1. The Morgan fingerprint density at radius 1 is 1.41 bits per heavy atom. The summed E-state index contributed by atoms with van der Waals surface area (Å²) in [6, 6.07) is 3.58. The van der Waals surface area contributed by atoms with E-state index in [2.05, 4.69) is 25.7 Å². The Hall–Kier alpha value is -3.52. The highest BCUT2D eigenvalue weighted by molar-refractivity contribution is 5.91. The van der Waals surface area contributed by atoms with Gasteiger partial charge in [-0.2, -0.15) is 0 Å². The molecule has 0 saturated heterocycles. The smallest absolute Gasteiger partial charge is 0.352 e. The SMILES string of the molecule is C=C1C2=C(C=C3c4nc5cc(F)c(C)cc5c(CNC(C)C)c4CN13)C(OC(C)=O)C(=O)OC2. The number of nitrogens with zero attached hydrogens (tertiary/aromatic N) is 2. The second kappa shape index (κ2) is 8.06. The second-order valence-corrected chi connectivity index (χ2v) is 9.17. The molecule has 3 aliphatic rings. The molecule has 1 unspecified atom stereocenters. The number of aromatic nitrogens is 1. The first kappa shape index (κ1) is 22.3. The molecule has 0 aliphatic carbocycles. The molecule has 1 aromatic carbocycles. The van der Waals surface area contributed by atoms with Crippen molar-refractivity contribution in [3.8, 4) is 0 Å². The maximum atomic E-state index is 14.5. The lowest BCUT2D eigenvalue weighted by molar-refractivity contribution is -0.164. The Labute approximate surface area is 196 Å². The number of carbonyl (C=O) groups is 2. The first-order valence-corrected chi connectivity index (χ1v) is 11.3. The molecule has 1 atom stereocenters. The van der Waals surface area contributed by atoms with Gasteiger partial charge in [0.15, 0.2) is 0 Å². The minimum Gasteiger partial charge on any atom is -0.458 e. The van der Waals surface area contributed by atoms with Crippen molar-refractivity contribution < 1.29 is 23.5 Å². The predicted molar refractivity (Wildman–Crippen MR) is 125 cm³/mol. The molecule has 8 heteroatoms.